The number of hydrogen-bond acceptors (Lipinski definition) is 7. The van der Waals surface area contributed by atoms with Crippen molar-refractivity contribution in [1.82, 2.24) is 24.9 Å². The highest BCUT2D eigenvalue weighted by Gasteiger charge is 2.14. The number of carbonyl (C=O) groups excluding carboxylic acids is 1. The van der Waals surface area contributed by atoms with E-state index in [0.29, 0.717) is 28.9 Å². The number of nitrogens with one attached hydrogen (secondary N) is 1. The van der Waals surface area contributed by atoms with E-state index in [4.69, 9.17) is 9.26 Å². The third-order valence-electron chi connectivity index (χ3n) is 5.38. The number of hydrogen-bond donors (Lipinski definition) is 1. The van der Waals surface area contributed by atoms with Gasteiger partial charge >= 0.3 is 0 Å². The minimum Gasteiger partial charge on any atom is -0.439 e. The molecule has 1 amide bonds. The first-order valence-corrected chi connectivity index (χ1v) is 10.2. The number of ether oxygens (including phenoxy) is 1. The Morgan fingerprint density at radius 2 is 1.81 bits per heavy atom. The number of anilines is 1. The normalized spacial score (nSPS) is 10.9. The molecule has 9 nitrogen and oxygen atoms in total. The van der Waals surface area contributed by atoms with Crippen LogP contribution in [0.15, 0.2) is 41.2 Å². The predicted molar refractivity (Wildman–Crippen MR) is 118 cm³/mol. The summed E-state index contributed by atoms with van der Waals surface area (Å²) >= 11 is 0. The number of benzene rings is 1. The average molecular weight is 432 g/mol. The van der Waals surface area contributed by atoms with Crippen molar-refractivity contribution in [1.29, 1.82) is 0 Å². The molecule has 9 heteroatoms. The van der Waals surface area contributed by atoms with Gasteiger partial charge in [0.25, 0.3) is 0 Å². The fourth-order valence-electron chi connectivity index (χ4n) is 3.29. The van der Waals surface area contributed by atoms with Crippen LogP contribution in [0.4, 0.5) is 5.69 Å². The summed E-state index contributed by atoms with van der Waals surface area (Å²) in [6, 6.07) is 8.81. The van der Waals surface area contributed by atoms with E-state index < -0.39 is 0 Å². The molecule has 4 rings (SSSR count). The second-order valence-electron chi connectivity index (χ2n) is 7.58. The average Bonchev–Trinajstić information content (AvgIpc) is 3.23. The smallest absolute Gasteiger partial charge is 0.228 e. The Morgan fingerprint density at radius 3 is 2.44 bits per heavy atom. The van der Waals surface area contributed by atoms with E-state index in [2.05, 4.69) is 25.5 Å². The highest BCUT2D eigenvalue weighted by molar-refractivity contribution is 5.92. The van der Waals surface area contributed by atoms with Gasteiger partial charge in [-0.3, -0.25) is 4.79 Å². The van der Waals surface area contributed by atoms with Gasteiger partial charge in [0.1, 0.15) is 17.8 Å². The molecule has 0 saturated carbocycles. The molecule has 164 valence electrons. The van der Waals surface area contributed by atoms with Crippen LogP contribution in [0.2, 0.25) is 0 Å². The number of rotatable bonds is 6. The Bertz CT molecular complexity index is 1250. The lowest BCUT2D eigenvalue weighted by atomic mass is 10.1. The second kappa shape index (κ2) is 8.62. The molecule has 0 spiro atoms. The molecule has 1 aromatic carbocycles. The molecule has 32 heavy (non-hydrogen) atoms. The molecule has 3 heterocycles. The number of nitrogens with zero attached hydrogens (tertiary/aromatic N) is 5. The first-order valence-electron chi connectivity index (χ1n) is 10.2. The van der Waals surface area contributed by atoms with Crippen molar-refractivity contribution >= 4 is 11.6 Å². The molecule has 0 atom stereocenters. The van der Waals surface area contributed by atoms with E-state index in [9.17, 15) is 4.79 Å². The summed E-state index contributed by atoms with van der Waals surface area (Å²) in [5, 5.41) is 11.3. The first-order chi connectivity index (χ1) is 15.3. The number of amides is 1. The summed E-state index contributed by atoms with van der Waals surface area (Å²) in [5.41, 5.74) is 5.29. The third-order valence-corrected chi connectivity index (χ3v) is 5.38. The van der Waals surface area contributed by atoms with Crippen LogP contribution in [0.5, 0.6) is 11.6 Å². The van der Waals surface area contributed by atoms with Crippen molar-refractivity contribution in [2.75, 3.05) is 5.32 Å². The van der Waals surface area contributed by atoms with Gasteiger partial charge in [0.15, 0.2) is 5.82 Å². The van der Waals surface area contributed by atoms with Gasteiger partial charge in [-0.05, 0) is 64.4 Å². The predicted octanol–water partition coefficient (Wildman–Crippen LogP) is 4.17. The molecule has 4 aromatic rings. The van der Waals surface area contributed by atoms with E-state index in [1.807, 2.05) is 27.7 Å². The largest absolute Gasteiger partial charge is 0.439 e. The Morgan fingerprint density at radius 1 is 1.06 bits per heavy atom. The van der Waals surface area contributed by atoms with Crippen LogP contribution in [0.3, 0.4) is 0 Å². The van der Waals surface area contributed by atoms with Crippen molar-refractivity contribution in [2.24, 2.45) is 0 Å². The Balaban J connectivity index is 1.43. The van der Waals surface area contributed by atoms with Gasteiger partial charge in [-0.1, -0.05) is 5.16 Å². The zero-order valence-corrected chi connectivity index (χ0v) is 18.6. The lowest BCUT2D eigenvalue weighted by Gasteiger charge is -2.09. The van der Waals surface area contributed by atoms with Crippen molar-refractivity contribution in [2.45, 2.75) is 41.0 Å². The summed E-state index contributed by atoms with van der Waals surface area (Å²) in [4.78, 5) is 20.8. The molecule has 0 aliphatic carbocycles. The summed E-state index contributed by atoms with van der Waals surface area (Å²) in [6.45, 7) is 9.60. The van der Waals surface area contributed by atoms with Crippen LogP contribution in [0, 0.1) is 34.6 Å². The van der Waals surface area contributed by atoms with Crippen molar-refractivity contribution in [3.8, 4) is 17.4 Å². The van der Waals surface area contributed by atoms with Crippen LogP contribution in [-0.2, 0) is 11.2 Å². The van der Waals surface area contributed by atoms with Crippen molar-refractivity contribution < 1.29 is 14.1 Å². The highest BCUT2D eigenvalue weighted by atomic mass is 16.5. The lowest BCUT2D eigenvalue weighted by molar-refractivity contribution is -0.115. The van der Waals surface area contributed by atoms with Gasteiger partial charge in [-0.15, -0.1) is 0 Å². The fraction of sp³-hybridized carbons (Fsp3) is 0.261. The maximum absolute atomic E-state index is 12.3. The standard InChI is InChI=1S/C23H24N6O3/c1-13-14(2)27-29(16(13)4)21-11-23(25-12-24-21)31-19-8-6-18(7-9-19)26-22(30)10-20-15(3)28-32-17(20)5/h6-9,11-12H,10H2,1-5H3,(H,26,30). The van der Waals surface area contributed by atoms with Gasteiger partial charge in [0.05, 0.1) is 17.8 Å². The van der Waals surface area contributed by atoms with Gasteiger partial charge < -0.3 is 14.6 Å². The maximum Gasteiger partial charge on any atom is 0.228 e. The van der Waals surface area contributed by atoms with Crippen LogP contribution in [0.25, 0.3) is 5.82 Å². The highest BCUT2D eigenvalue weighted by Crippen LogP contribution is 2.24. The second-order valence-corrected chi connectivity index (χ2v) is 7.58. The van der Waals surface area contributed by atoms with Gasteiger partial charge in [0, 0.05) is 23.0 Å². The van der Waals surface area contributed by atoms with Crippen molar-refractivity contribution in [3.05, 3.63) is 70.6 Å². The molecule has 0 unspecified atom stereocenters. The Hall–Kier alpha value is -4.01. The molecule has 0 aliphatic heterocycles. The molecule has 1 N–H and O–H groups in total. The summed E-state index contributed by atoms with van der Waals surface area (Å²) in [6.07, 6.45) is 1.65. The maximum atomic E-state index is 12.3. The van der Waals surface area contributed by atoms with Crippen LogP contribution in [0.1, 0.15) is 34.0 Å². The van der Waals surface area contributed by atoms with E-state index in [0.717, 1.165) is 28.2 Å². The van der Waals surface area contributed by atoms with Gasteiger partial charge in [-0.2, -0.15) is 5.10 Å². The minimum absolute atomic E-state index is 0.145. The molecule has 0 bridgehead atoms. The number of aryl methyl sites for hydroxylation is 3. The summed E-state index contributed by atoms with van der Waals surface area (Å²) < 4.78 is 12.7. The summed E-state index contributed by atoms with van der Waals surface area (Å²) in [5.74, 6) is 2.13. The zero-order valence-electron chi connectivity index (χ0n) is 18.6. The quantitative estimate of drug-likeness (QED) is 0.487. The van der Waals surface area contributed by atoms with Crippen molar-refractivity contribution in [3.63, 3.8) is 0 Å². The number of carbonyl (C=O) groups is 1. The monoisotopic (exact) mass is 432 g/mol. The van der Waals surface area contributed by atoms with E-state index >= 15 is 0 Å². The SMILES string of the molecule is Cc1nn(-c2cc(Oc3ccc(NC(=O)Cc4c(C)noc4C)cc3)ncn2)c(C)c1C. The van der Waals surface area contributed by atoms with Gasteiger partial charge in [-0.25, -0.2) is 14.6 Å². The molecular formula is C23H24N6O3. The molecule has 3 aromatic heterocycles. The fourth-order valence-corrected chi connectivity index (χ4v) is 3.29. The Kier molecular flexibility index (Phi) is 5.72. The molecule has 0 radical (unpaired) electrons. The van der Waals surface area contributed by atoms with E-state index in [1.54, 1.807) is 41.9 Å². The van der Waals surface area contributed by atoms with Crippen LogP contribution < -0.4 is 10.1 Å². The minimum atomic E-state index is -0.145. The summed E-state index contributed by atoms with van der Waals surface area (Å²) in [7, 11) is 0. The zero-order chi connectivity index (χ0) is 22.8. The number of aromatic nitrogens is 5. The van der Waals surface area contributed by atoms with Gasteiger partial charge in [0.2, 0.25) is 11.8 Å². The van der Waals surface area contributed by atoms with Crippen LogP contribution >= 0.6 is 0 Å². The first kappa shape index (κ1) is 21.2. The van der Waals surface area contributed by atoms with E-state index in [1.165, 1.54) is 6.33 Å². The van der Waals surface area contributed by atoms with E-state index in [-0.39, 0.29) is 12.3 Å². The molecule has 0 aliphatic rings. The lowest BCUT2D eigenvalue weighted by Crippen LogP contribution is -2.15. The molecule has 0 saturated heterocycles. The Labute approximate surface area is 185 Å². The topological polar surface area (TPSA) is 108 Å². The molecular weight excluding hydrogens is 408 g/mol. The molecule has 0 fully saturated rings. The third kappa shape index (κ3) is 4.36. The van der Waals surface area contributed by atoms with Crippen LogP contribution in [-0.4, -0.2) is 30.8 Å².